The third-order valence-electron chi connectivity index (χ3n) is 3.04. The Balaban J connectivity index is 2.24. The fourth-order valence-electron chi connectivity index (χ4n) is 2.45. The summed E-state index contributed by atoms with van der Waals surface area (Å²) >= 11 is 1.66. The van der Waals surface area contributed by atoms with Gasteiger partial charge in [-0.05, 0) is 12.8 Å². The second-order valence-electron chi connectivity index (χ2n) is 3.84. The van der Waals surface area contributed by atoms with Crippen molar-refractivity contribution in [1.29, 1.82) is 0 Å². The Kier molecular flexibility index (Phi) is 1.65. The standard InChI is InChI=1S/C9H10N2O2S/c12-7-6-4-2-1-3-5(4)14-8(6)11-9(13)10-7/h4-5H,1-3H2,(H2,10,11,12,13). The van der Waals surface area contributed by atoms with E-state index in [1.807, 2.05) is 0 Å². The Morgan fingerprint density at radius 3 is 2.93 bits per heavy atom. The molecule has 74 valence electrons. The van der Waals surface area contributed by atoms with E-state index in [9.17, 15) is 9.59 Å². The lowest BCUT2D eigenvalue weighted by molar-refractivity contribution is 0.712. The molecule has 0 spiro atoms. The van der Waals surface area contributed by atoms with Crippen molar-refractivity contribution in [2.75, 3.05) is 0 Å². The number of fused-ring (bicyclic) bond motifs is 3. The average molecular weight is 210 g/mol. The summed E-state index contributed by atoms with van der Waals surface area (Å²) in [5, 5.41) is 1.32. The monoisotopic (exact) mass is 210 g/mol. The molecule has 2 N–H and O–H groups in total. The number of nitrogens with one attached hydrogen (secondary N) is 2. The van der Waals surface area contributed by atoms with Gasteiger partial charge in [-0.2, -0.15) is 0 Å². The van der Waals surface area contributed by atoms with Gasteiger partial charge in [-0.1, -0.05) is 6.42 Å². The van der Waals surface area contributed by atoms with Gasteiger partial charge in [0, 0.05) is 11.2 Å². The number of thioether (sulfide) groups is 1. The molecule has 1 aromatic heterocycles. The van der Waals surface area contributed by atoms with E-state index in [0.717, 1.165) is 23.4 Å². The maximum absolute atomic E-state index is 11.6. The van der Waals surface area contributed by atoms with Crippen molar-refractivity contribution < 1.29 is 0 Å². The first-order chi connectivity index (χ1) is 6.75. The highest BCUT2D eigenvalue weighted by atomic mass is 32.2. The number of rotatable bonds is 0. The van der Waals surface area contributed by atoms with Gasteiger partial charge in [-0.3, -0.25) is 9.78 Å². The van der Waals surface area contributed by atoms with Crippen molar-refractivity contribution >= 4 is 11.8 Å². The van der Waals surface area contributed by atoms with Gasteiger partial charge in [0.1, 0.15) is 0 Å². The van der Waals surface area contributed by atoms with Gasteiger partial charge in [0.15, 0.2) is 0 Å². The summed E-state index contributed by atoms with van der Waals surface area (Å²) in [5.41, 5.74) is 0.240. The molecule has 1 aliphatic carbocycles. The first kappa shape index (κ1) is 8.35. The summed E-state index contributed by atoms with van der Waals surface area (Å²) in [4.78, 5) is 27.6. The van der Waals surface area contributed by atoms with Crippen LogP contribution in [0.3, 0.4) is 0 Å². The molecular formula is C9H10N2O2S. The molecule has 1 aliphatic heterocycles. The van der Waals surface area contributed by atoms with Gasteiger partial charge < -0.3 is 4.98 Å². The summed E-state index contributed by atoms with van der Waals surface area (Å²) in [7, 11) is 0. The fourth-order valence-corrected chi connectivity index (χ4v) is 4.00. The molecule has 5 heteroatoms. The molecule has 1 fully saturated rings. The first-order valence-corrected chi connectivity index (χ1v) is 5.67. The van der Waals surface area contributed by atoms with E-state index in [1.54, 1.807) is 11.8 Å². The van der Waals surface area contributed by atoms with Crippen LogP contribution in [0.15, 0.2) is 14.6 Å². The van der Waals surface area contributed by atoms with Gasteiger partial charge in [0.2, 0.25) is 0 Å². The molecule has 0 saturated heterocycles. The molecule has 14 heavy (non-hydrogen) atoms. The average Bonchev–Trinajstić information content (AvgIpc) is 2.60. The molecule has 1 aromatic rings. The Morgan fingerprint density at radius 1 is 1.21 bits per heavy atom. The quantitative estimate of drug-likeness (QED) is 0.623. The maximum atomic E-state index is 11.6. The van der Waals surface area contributed by atoms with Crippen LogP contribution < -0.4 is 11.2 Å². The molecule has 0 aromatic carbocycles. The van der Waals surface area contributed by atoms with Gasteiger partial charge in [0.05, 0.1) is 10.6 Å². The third-order valence-corrected chi connectivity index (χ3v) is 4.46. The van der Waals surface area contributed by atoms with E-state index in [2.05, 4.69) is 9.97 Å². The second kappa shape index (κ2) is 2.76. The molecule has 0 bridgehead atoms. The van der Waals surface area contributed by atoms with Crippen molar-refractivity contribution in [3.63, 3.8) is 0 Å². The highest BCUT2D eigenvalue weighted by Gasteiger charge is 2.39. The summed E-state index contributed by atoms with van der Waals surface area (Å²) in [6.07, 6.45) is 3.44. The zero-order valence-corrected chi connectivity index (χ0v) is 8.32. The van der Waals surface area contributed by atoms with E-state index in [-0.39, 0.29) is 11.2 Å². The fraction of sp³-hybridized carbons (Fsp3) is 0.556. The Hall–Kier alpha value is -0.970. The third kappa shape index (κ3) is 1.02. The molecule has 0 radical (unpaired) electrons. The molecule has 4 nitrogen and oxygen atoms in total. The topological polar surface area (TPSA) is 65.7 Å². The highest BCUT2D eigenvalue weighted by molar-refractivity contribution is 8.00. The molecule has 3 rings (SSSR count). The lowest BCUT2D eigenvalue weighted by atomic mass is 10.0. The Bertz CT molecular complexity index is 490. The van der Waals surface area contributed by atoms with Gasteiger partial charge in [-0.15, -0.1) is 11.8 Å². The van der Waals surface area contributed by atoms with Crippen LogP contribution in [0.5, 0.6) is 0 Å². The highest BCUT2D eigenvalue weighted by Crippen LogP contribution is 2.50. The largest absolute Gasteiger partial charge is 0.326 e. The van der Waals surface area contributed by atoms with Gasteiger partial charge >= 0.3 is 5.69 Å². The first-order valence-electron chi connectivity index (χ1n) is 4.79. The van der Waals surface area contributed by atoms with Crippen molar-refractivity contribution in [3.8, 4) is 0 Å². The van der Waals surface area contributed by atoms with Gasteiger partial charge in [0.25, 0.3) is 5.56 Å². The number of hydrogen-bond acceptors (Lipinski definition) is 3. The van der Waals surface area contributed by atoms with Crippen LogP contribution in [0.2, 0.25) is 0 Å². The van der Waals surface area contributed by atoms with Crippen LogP contribution in [0, 0.1) is 0 Å². The summed E-state index contributed by atoms with van der Waals surface area (Å²) in [6, 6.07) is 0. The zero-order chi connectivity index (χ0) is 9.71. The van der Waals surface area contributed by atoms with Gasteiger partial charge in [-0.25, -0.2) is 4.79 Å². The van der Waals surface area contributed by atoms with E-state index < -0.39 is 0 Å². The summed E-state index contributed by atoms with van der Waals surface area (Å²) < 4.78 is 0. The van der Waals surface area contributed by atoms with Crippen LogP contribution in [-0.4, -0.2) is 15.2 Å². The number of H-pyrrole nitrogens is 2. The SMILES string of the molecule is O=c1[nH]c2c(c(=O)[nH]1)C1CCCC1S2. The smallest absolute Gasteiger partial charge is 0.302 e. The zero-order valence-electron chi connectivity index (χ0n) is 7.50. The number of aromatic nitrogens is 2. The molecule has 2 unspecified atom stereocenters. The summed E-state index contributed by atoms with van der Waals surface area (Å²) in [5.74, 6) is 0.371. The normalized spacial score (nSPS) is 28.9. The molecule has 2 heterocycles. The Morgan fingerprint density at radius 2 is 2.07 bits per heavy atom. The van der Waals surface area contributed by atoms with Crippen molar-refractivity contribution in [1.82, 2.24) is 9.97 Å². The van der Waals surface area contributed by atoms with Crippen molar-refractivity contribution in [2.45, 2.75) is 35.5 Å². The molecule has 0 amide bonds. The Labute approximate surface area is 84.1 Å². The molecule has 2 aliphatic rings. The van der Waals surface area contributed by atoms with E-state index in [0.29, 0.717) is 11.2 Å². The van der Waals surface area contributed by atoms with Crippen LogP contribution in [-0.2, 0) is 0 Å². The minimum absolute atomic E-state index is 0.189. The van der Waals surface area contributed by atoms with Crippen LogP contribution in [0.1, 0.15) is 30.7 Å². The number of aromatic amines is 2. The van der Waals surface area contributed by atoms with Crippen molar-refractivity contribution in [3.05, 3.63) is 26.4 Å². The molecular weight excluding hydrogens is 200 g/mol. The predicted molar refractivity (Wildman–Crippen MR) is 53.9 cm³/mol. The predicted octanol–water partition coefficient (Wildman–Crippen LogP) is 0.805. The minimum Gasteiger partial charge on any atom is -0.302 e. The second-order valence-corrected chi connectivity index (χ2v) is 5.09. The number of hydrogen-bond donors (Lipinski definition) is 2. The lowest BCUT2D eigenvalue weighted by Crippen LogP contribution is -2.26. The van der Waals surface area contributed by atoms with Crippen LogP contribution >= 0.6 is 11.8 Å². The van der Waals surface area contributed by atoms with E-state index in [1.165, 1.54) is 6.42 Å². The lowest BCUT2D eigenvalue weighted by Gasteiger charge is -2.05. The van der Waals surface area contributed by atoms with E-state index >= 15 is 0 Å². The minimum atomic E-state index is -0.388. The van der Waals surface area contributed by atoms with Crippen LogP contribution in [0.4, 0.5) is 0 Å². The molecule has 2 atom stereocenters. The maximum Gasteiger partial charge on any atom is 0.326 e. The van der Waals surface area contributed by atoms with Crippen LogP contribution in [0.25, 0.3) is 0 Å². The molecule has 1 saturated carbocycles. The van der Waals surface area contributed by atoms with Crippen molar-refractivity contribution in [2.24, 2.45) is 0 Å². The van der Waals surface area contributed by atoms with E-state index in [4.69, 9.17) is 0 Å². The summed E-state index contributed by atoms with van der Waals surface area (Å²) in [6.45, 7) is 0.